The van der Waals surface area contributed by atoms with Gasteiger partial charge in [-0.15, -0.1) is 11.3 Å². The van der Waals surface area contributed by atoms with Crippen LogP contribution in [-0.4, -0.2) is 25.6 Å². The van der Waals surface area contributed by atoms with Gasteiger partial charge in [0, 0.05) is 4.88 Å². The smallest absolute Gasteiger partial charge is 0.341 e. The Morgan fingerprint density at radius 1 is 1.19 bits per heavy atom. The fourth-order valence-electron chi connectivity index (χ4n) is 3.02. The van der Waals surface area contributed by atoms with Crippen molar-refractivity contribution in [2.24, 2.45) is 0 Å². The van der Waals surface area contributed by atoms with Crippen molar-refractivity contribution in [3.05, 3.63) is 45.3 Å². The molecule has 2 aromatic rings. The number of amides is 1. The van der Waals surface area contributed by atoms with E-state index in [0.717, 1.165) is 42.5 Å². The highest BCUT2D eigenvalue weighted by Crippen LogP contribution is 2.38. The molecule has 0 unspecified atom stereocenters. The molecular formula is C19H20ClNO4S. The highest BCUT2D eigenvalue weighted by molar-refractivity contribution is 7.17. The number of carbonyl (C=O) groups excluding carboxylic acids is 2. The lowest BCUT2D eigenvalue weighted by atomic mass is 10.1. The molecule has 0 radical (unpaired) electrons. The second kappa shape index (κ2) is 8.56. The summed E-state index contributed by atoms with van der Waals surface area (Å²) >= 11 is 7.48. The number of rotatable bonds is 5. The second-order valence-electron chi connectivity index (χ2n) is 6.03. The Kier molecular flexibility index (Phi) is 6.16. The molecule has 1 aromatic heterocycles. The number of halogens is 1. The number of ether oxygens (including phenoxy) is 2. The highest BCUT2D eigenvalue weighted by Gasteiger charge is 2.26. The number of benzene rings is 1. The summed E-state index contributed by atoms with van der Waals surface area (Å²) in [6.45, 7) is -0.188. The van der Waals surface area contributed by atoms with Crippen LogP contribution in [-0.2, 0) is 22.4 Å². The van der Waals surface area contributed by atoms with Crippen molar-refractivity contribution >= 4 is 39.8 Å². The van der Waals surface area contributed by atoms with Gasteiger partial charge in [-0.25, -0.2) is 4.79 Å². The Morgan fingerprint density at radius 3 is 2.73 bits per heavy atom. The highest BCUT2D eigenvalue weighted by atomic mass is 35.5. The monoisotopic (exact) mass is 393 g/mol. The van der Waals surface area contributed by atoms with E-state index in [4.69, 9.17) is 21.1 Å². The Morgan fingerprint density at radius 2 is 1.96 bits per heavy atom. The van der Waals surface area contributed by atoms with Gasteiger partial charge in [-0.05, 0) is 43.4 Å². The fraction of sp³-hybridized carbons (Fsp3) is 0.368. The lowest BCUT2D eigenvalue weighted by Crippen LogP contribution is -2.21. The van der Waals surface area contributed by atoms with Gasteiger partial charge in [0.25, 0.3) is 5.91 Å². The number of aryl methyl sites for hydroxylation is 1. The van der Waals surface area contributed by atoms with Crippen LogP contribution in [0, 0.1) is 0 Å². The molecule has 26 heavy (non-hydrogen) atoms. The summed E-state index contributed by atoms with van der Waals surface area (Å²) in [6, 6.07) is 6.96. The maximum atomic E-state index is 12.3. The average molecular weight is 394 g/mol. The predicted octanol–water partition coefficient (Wildman–Crippen LogP) is 4.47. The second-order valence-corrected chi connectivity index (χ2v) is 7.54. The molecule has 1 aliphatic rings. The van der Waals surface area contributed by atoms with Crippen LogP contribution >= 0.6 is 22.9 Å². The van der Waals surface area contributed by atoms with Crippen molar-refractivity contribution in [2.45, 2.75) is 32.1 Å². The van der Waals surface area contributed by atoms with Gasteiger partial charge in [-0.3, -0.25) is 4.79 Å². The molecule has 3 rings (SSSR count). The molecule has 1 amide bonds. The lowest BCUT2D eigenvalue weighted by Gasteiger charge is -2.09. The fourth-order valence-corrected chi connectivity index (χ4v) is 4.50. The third kappa shape index (κ3) is 4.19. The number of fused-ring (bicyclic) bond motifs is 1. The van der Waals surface area contributed by atoms with Gasteiger partial charge in [0.05, 0.1) is 17.7 Å². The zero-order valence-electron chi connectivity index (χ0n) is 14.5. The number of nitrogens with one attached hydrogen (secondary N) is 1. The molecule has 0 spiro atoms. The van der Waals surface area contributed by atoms with Crippen molar-refractivity contribution in [1.29, 1.82) is 0 Å². The van der Waals surface area contributed by atoms with Gasteiger partial charge in [0.2, 0.25) is 0 Å². The molecular weight excluding hydrogens is 374 g/mol. The molecule has 0 saturated carbocycles. The number of hydrogen-bond acceptors (Lipinski definition) is 5. The van der Waals surface area contributed by atoms with Crippen molar-refractivity contribution in [1.82, 2.24) is 0 Å². The third-order valence-electron chi connectivity index (χ3n) is 4.26. The van der Waals surface area contributed by atoms with Crippen molar-refractivity contribution in [3.8, 4) is 5.75 Å². The molecule has 0 aliphatic heterocycles. The number of esters is 1. The molecule has 1 N–H and O–H groups in total. The molecule has 1 aromatic carbocycles. The van der Waals surface area contributed by atoms with E-state index < -0.39 is 5.97 Å². The Hall–Kier alpha value is -2.05. The van der Waals surface area contributed by atoms with Crippen molar-refractivity contribution in [2.75, 3.05) is 19.0 Å². The molecule has 7 heteroatoms. The van der Waals surface area contributed by atoms with Crippen LogP contribution in [0.4, 0.5) is 5.00 Å². The zero-order chi connectivity index (χ0) is 18.5. The number of anilines is 1. The van der Waals surface area contributed by atoms with Crippen LogP contribution in [0.1, 0.15) is 40.1 Å². The van der Waals surface area contributed by atoms with Crippen LogP contribution < -0.4 is 10.1 Å². The first-order valence-electron chi connectivity index (χ1n) is 8.50. The summed E-state index contributed by atoms with van der Waals surface area (Å²) in [5.41, 5.74) is 1.50. The van der Waals surface area contributed by atoms with Crippen molar-refractivity contribution in [3.63, 3.8) is 0 Å². The number of carbonyl (C=O) groups is 2. The van der Waals surface area contributed by atoms with Crippen molar-refractivity contribution < 1.29 is 19.1 Å². The van der Waals surface area contributed by atoms with E-state index in [-0.39, 0.29) is 12.5 Å². The number of thiophene rings is 1. The SMILES string of the molecule is COC(=O)c1c(NC(=O)COc2ccccc2Cl)sc2c1CCCCC2. The minimum absolute atomic E-state index is 0.188. The summed E-state index contributed by atoms with van der Waals surface area (Å²) in [4.78, 5) is 25.7. The van der Waals surface area contributed by atoms with Crippen LogP contribution in [0.2, 0.25) is 5.02 Å². The van der Waals surface area contributed by atoms with Crippen LogP contribution in [0.3, 0.4) is 0 Å². The van der Waals surface area contributed by atoms with E-state index in [1.807, 2.05) is 0 Å². The lowest BCUT2D eigenvalue weighted by molar-refractivity contribution is -0.118. The minimum Gasteiger partial charge on any atom is -0.482 e. The summed E-state index contributed by atoms with van der Waals surface area (Å²) < 4.78 is 10.4. The number of hydrogen-bond donors (Lipinski definition) is 1. The van der Waals surface area contributed by atoms with Gasteiger partial charge in [0.15, 0.2) is 6.61 Å². The van der Waals surface area contributed by atoms with E-state index in [0.29, 0.717) is 21.3 Å². The van der Waals surface area contributed by atoms with Crippen LogP contribution in [0.5, 0.6) is 5.75 Å². The Bertz CT molecular complexity index is 818. The third-order valence-corrected chi connectivity index (χ3v) is 5.78. The first kappa shape index (κ1) is 18.7. The first-order chi connectivity index (χ1) is 12.6. The molecule has 5 nitrogen and oxygen atoms in total. The maximum Gasteiger partial charge on any atom is 0.341 e. The van der Waals surface area contributed by atoms with E-state index in [1.54, 1.807) is 24.3 Å². The Balaban J connectivity index is 1.75. The quantitative estimate of drug-likeness (QED) is 0.601. The standard InChI is InChI=1S/C19H20ClNO4S/c1-24-19(23)17-12-7-3-2-4-10-15(12)26-18(17)21-16(22)11-25-14-9-6-5-8-13(14)20/h5-6,8-9H,2-4,7,10-11H2,1H3,(H,21,22). The topological polar surface area (TPSA) is 64.6 Å². The largest absolute Gasteiger partial charge is 0.482 e. The van der Waals surface area contributed by atoms with E-state index in [9.17, 15) is 9.59 Å². The summed E-state index contributed by atoms with van der Waals surface area (Å²) in [7, 11) is 1.36. The molecule has 1 aliphatic carbocycles. The summed E-state index contributed by atoms with van der Waals surface area (Å²) in [5, 5.41) is 3.79. The first-order valence-corrected chi connectivity index (χ1v) is 9.69. The molecule has 0 fully saturated rings. The molecule has 0 atom stereocenters. The molecule has 1 heterocycles. The van der Waals surface area contributed by atoms with Gasteiger partial charge in [-0.2, -0.15) is 0 Å². The summed E-state index contributed by atoms with van der Waals surface area (Å²) in [5.74, 6) is -0.308. The van der Waals surface area contributed by atoms with Crippen LogP contribution in [0.15, 0.2) is 24.3 Å². The van der Waals surface area contributed by atoms with Gasteiger partial charge < -0.3 is 14.8 Å². The van der Waals surface area contributed by atoms with E-state index in [2.05, 4.69) is 5.32 Å². The van der Waals surface area contributed by atoms with Gasteiger partial charge >= 0.3 is 5.97 Å². The van der Waals surface area contributed by atoms with Crippen LogP contribution in [0.25, 0.3) is 0 Å². The van der Waals surface area contributed by atoms with Gasteiger partial charge in [-0.1, -0.05) is 30.2 Å². The predicted molar refractivity (Wildman–Crippen MR) is 102 cm³/mol. The average Bonchev–Trinajstić information content (AvgIpc) is 2.81. The zero-order valence-corrected chi connectivity index (χ0v) is 16.0. The van der Waals surface area contributed by atoms with E-state index in [1.165, 1.54) is 18.4 Å². The molecule has 138 valence electrons. The molecule has 0 bridgehead atoms. The number of methoxy groups -OCH3 is 1. The maximum absolute atomic E-state index is 12.3. The minimum atomic E-state index is -0.410. The number of para-hydroxylation sites is 1. The van der Waals surface area contributed by atoms with Gasteiger partial charge in [0.1, 0.15) is 10.8 Å². The Labute approximate surface area is 161 Å². The molecule has 0 saturated heterocycles. The summed E-state index contributed by atoms with van der Waals surface area (Å²) in [6.07, 6.45) is 5.04. The normalized spacial score (nSPS) is 13.5. The van der Waals surface area contributed by atoms with E-state index >= 15 is 0 Å².